The number of ether oxygens (including phenoxy) is 1. The summed E-state index contributed by atoms with van der Waals surface area (Å²) in [6, 6.07) is 3.53. The molecule has 1 rings (SSSR count). The van der Waals surface area contributed by atoms with Gasteiger partial charge in [-0.25, -0.2) is 0 Å². The number of halogens is 1. The van der Waals surface area contributed by atoms with E-state index in [1.807, 2.05) is 6.92 Å². The Morgan fingerprint density at radius 1 is 1.57 bits per heavy atom. The molecule has 0 fully saturated rings. The molecule has 0 aliphatic carbocycles. The Balaban J connectivity index is 3.07. The summed E-state index contributed by atoms with van der Waals surface area (Å²) >= 11 is 3.26. The Morgan fingerprint density at radius 3 is 2.71 bits per heavy atom. The zero-order valence-electron chi connectivity index (χ0n) is 8.25. The van der Waals surface area contributed by atoms with E-state index < -0.39 is 0 Å². The number of phenolic OH excluding ortho intramolecular Hbond substituents is 1. The van der Waals surface area contributed by atoms with Crippen molar-refractivity contribution < 1.29 is 9.84 Å². The van der Waals surface area contributed by atoms with Crippen molar-refractivity contribution in [2.45, 2.75) is 19.4 Å². The molecule has 0 aliphatic rings. The Morgan fingerprint density at radius 2 is 2.21 bits per heavy atom. The molecule has 0 saturated heterocycles. The van der Waals surface area contributed by atoms with Crippen LogP contribution in [0.15, 0.2) is 16.6 Å². The summed E-state index contributed by atoms with van der Waals surface area (Å²) in [5.74, 6) is 0.952. The Bertz CT molecular complexity index is 326. The van der Waals surface area contributed by atoms with Crippen molar-refractivity contribution in [1.82, 2.24) is 0 Å². The van der Waals surface area contributed by atoms with Crippen LogP contribution in [0.3, 0.4) is 0 Å². The number of methoxy groups -OCH3 is 1. The average Bonchev–Trinajstić information content (AvgIpc) is 2.11. The molecule has 1 aromatic carbocycles. The molecule has 78 valence electrons. The summed E-state index contributed by atoms with van der Waals surface area (Å²) in [7, 11) is 1.59. The predicted molar refractivity (Wildman–Crippen MR) is 59.7 cm³/mol. The lowest BCUT2D eigenvalue weighted by Crippen LogP contribution is -2.17. The van der Waals surface area contributed by atoms with Crippen molar-refractivity contribution >= 4 is 15.9 Å². The fourth-order valence-electron chi connectivity index (χ4n) is 1.25. The van der Waals surface area contributed by atoms with E-state index in [-0.39, 0.29) is 11.8 Å². The molecule has 0 aliphatic heterocycles. The zero-order valence-corrected chi connectivity index (χ0v) is 9.84. The molecule has 0 spiro atoms. The van der Waals surface area contributed by atoms with Crippen LogP contribution in [-0.4, -0.2) is 18.3 Å². The van der Waals surface area contributed by atoms with E-state index in [1.165, 1.54) is 0 Å². The minimum absolute atomic E-state index is 0.0138. The number of phenols is 1. The summed E-state index contributed by atoms with van der Waals surface area (Å²) in [6.07, 6.45) is 0.627. The smallest absolute Gasteiger partial charge is 0.133 e. The molecule has 1 aromatic rings. The van der Waals surface area contributed by atoms with Crippen LogP contribution in [0, 0.1) is 0 Å². The topological polar surface area (TPSA) is 55.5 Å². The van der Waals surface area contributed by atoms with Gasteiger partial charge in [-0.05, 0) is 41.4 Å². The largest absolute Gasteiger partial charge is 0.506 e. The molecule has 3 N–H and O–H groups in total. The Kier molecular flexibility index (Phi) is 3.77. The summed E-state index contributed by atoms with van der Waals surface area (Å²) in [5, 5.41) is 9.71. The third-order valence-corrected chi connectivity index (χ3v) is 2.50. The Hall–Kier alpha value is -0.740. The van der Waals surface area contributed by atoms with Gasteiger partial charge in [-0.1, -0.05) is 0 Å². The van der Waals surface area contributed by atoms with Crippen molar-refractivity contribution in [3.63, 3.8) is 0 Å². The first-order chi connectivity index (χ1) is 6.54. The van der Waals surface area contributed by atoms with Crippen molar-refractivity contribution in [2.24, 2.45) is 5.73 Å². The van der Waals surface area contributed by atoms with Crippen molar-refractivity contribution in [3.05, 3.63) is 22.2 Å². The van der Waals surface area contributed by atoms with Crippen molar-refractivity contribution in [2.75, 3.05) is 7.11 Å². The average molecular weight is 260 g/mol. The van der Waals surface area contributed by atoms with E-state index in [4.69, 9.17) is 10.5 Å². The first-order valence-corrected chi connectivity index (χ1v) is 5.15. The van der Waals surface area contributed by atoms with Crippen molar-refractivity contribution in [3.8, 4) is 11.5 Å². The molecule has 14 heavy (non-hydrogen) atoms. The third kappa shape index (κ3) is 2.62. The Labute approximate surface area is 92.0 Å². The number of benzene rings is 1. The van der Waals surface area contributed by atoms with Gasteiger partial charge in [0.2, 0.25) is 0 Å². The highest BCUT2D eigenvalue weighted by Gasteiger charge is 2.09. The van der Waals surface area contributed by atoms with E-state index in [2.05, 4.69) is 15.9 Å². The van der Waals surface area contributed by atoms with Gasteiger partial charge in [0.15, 0.2) is 0 Å². The summed E-state index contributed by atoms with van der Waals surface area (Å²) in [4.78, 5) is 0. The first kappa shape index (κ1) is 11.3. The number of hydrogen-bond acceptors (Lipinski definition) is 3. The quantitative estimate of drug-likeness (QED) is 0.874. The minimum Gasteiger partial charge on any atom is -0.506 e. The zero-order chi connectivity index (χ0) is 10.7. The highest BCUT2D eigenvalue weighted by molar-refractivity contribution is 9.10. The molecule has 1 atom stereocenters. The molecule has 3 nitrogen and oxygen atoms in total. The van der Waals surface area contributed by atoms with E-state index in [0.29, 0.717) is 16.6 Å². The first-order valence-electron chi connectivity index (χ1n) is 4.35. The van der Waals surface area contributed by atoms with Gasteiger partial charge in [-0.15, -0.1) is 0 Å². The molecule has 0 heterocycles. The van der Waals surface area contributed by atoms with Crippen molar-refractivity contribution in [1.29, 1.82) is 0 Å². The SMILES string of the molecule is COc1cc(Br)c(O)c(CC(C)N)c1. The van der Waals surface area contributed by atoms with Crippen LogP contribution in [0.2, 0.25) is 0 Å². The van der Waals surface area contributed by atoms with E-state index >= 15 is 0 Å². The second-order valence-corrected chi connectivity index (χ2v) is 4.15. The van der Waals surface area contributed by atoms with Crippen LogP contribution >= 0.6 is 15.9 Å². The second-order valence-electron chi connectivity index (χ2n) is 3.30. The minimum atomic E-state index is 0.0138. The molecular formula is C10H14BrNO2. The standard InChI is InChI=1S/C10H14BrNO2/c1-6(12)3-7-4-8(14-2)5-9(11)10(7)13/h4-6,13H,3,12H2,1-2H3. The molecule has 0 amide bonds. The van der Waals surface area contributed by atoms with Crippen LogP contribution in [0.5, 0.6) is 11.5 Å². The number of rotatable bonds is 3. The van der Waals surface area contributed by atoms with Gasteiger partial charge in [0.25, 0.3) is 0 Å². The lowest BCUT2D eigenvalue weighted by molar-refractivity contribution is 0.409. The fraction of sp³-hybridized carbons (Fsp3) is 0.400. The van der Waals surface area contributed by atoms with Crippen LogP contribution in [0.4, 0.5) is 0 Å². The third-order valence-electron chi connectivity index (χ3n) is 1.89. The van der Waals surface area contributed by atoms with Crippen LogP contribution in [-0.2, 0) is 6.42 Å². The molecule has 0 bridgehead atoms. The van der Waals surface area contributed by atoms with Gasteiger partial charge in [0, 0.05) is 11.6 Å². The molecule has 0 radical (unpaired) electrons. The molecule has 0 aromatic heterocycles. The summed E-state index contributed by atoms with van der Waals surface area (Å²) < 4.78 is 5.72. The molecule has 4 heteroatoms. The highest BCUT2D eigenvalue weighted by Crippen LogP contribution is 2.33. The molecule has 0 saturated carbocycles. The summed E-state index contributed by atoms with van der Waals surface area (Å²) in [5.41, 5.74) is 6.47. The lowest BCUT2D eigenvalue weighted by atomic mass is 10.1. The van der Waals surface area contributed by atoms with E-state index in [9.17, 15) is 5.11 Å². The summed E-state index contributed by atoms with van der Waals surface area (Å²) in [6.45, 7) is 1.90. The van der Waals surface area contributed by atoms with E-state index in [1.54, 1.807) is 19.2 Å². The lowest BCUT2D eigenvalue weighted by Gasteiger charge is -2.11. The highest BCUT2D eigenvalue weighted by atomic mass is 79.9. The monoisotopic (exact) mass is 259 g/mol. The maximum atomic E-state index is 9.71. The van der Waals surface area contributed by atoms with Gasteiger partial charge in [-0.2, -0.15) is 0 Å². The number of nitrogens with two attached hydrogens (primary N) is 1. The van der Waals surface area contributed by atoms with Gasteiger partial charge in [0.1, 0.15) is 11.5 Å². The number of hydrogen-bond donors (Lipinski definition) is 2. The van der Waals surface area contributed by atoms with Gasteiger partial charge < -0.3 is 15.6 Å². The van der Waals surface area contributed by atoms with Gasteiger partial charge >= 0.3 is 0 Å². The normalized spacial score (nSPS) is 12.6. The van der Waals surface area contributed by atoms with Crippen LogP contribution < -0.4 is 10.5 Å². The molecule has 1 unspecified atom stereocenters. The maximum Gasteiger partial charge on any atom is 0.133 e. The number of aromatic hydroxyl groups is 1. The van der Waals surface area contributed by atoms with Crippen LogP contribution in [0.25, 0.3) is 0 Å². The fourth-order valence-corrected chi connectivity index (χ4v) is 1.73. The maximum absolute atomic E-state index is 9.71. The van der Waals surface area contributed by atoms with Crippen LogP contribution in [0.1, 0.15) is 12.5 Å². The van der Waals surface area contributed by atoms with Gasteiger partial charge in [0.05, 0.1) is 11.6 Å². The van der Waals surface area contributed by atoms with Gasteiger partial charge in [-0.3, -0.25) is 0 Å². The second kappa shape index (κ2) is 4.66. The molecular weight excluding hydrogens is 246 g/mol. The predicted octanol–water partition coefficient (Wildman–Crippen LogP) is 2.05. The van der Waals surface area contributed by atoms with E-state index in [0.717, 1.165) is 5.56 Å².